The van der Waals surface area contributed by atoms with Gasteiger partial charge in [0, 0.05) is 0 Å². The number of allylic oxidation sites excluding steroid dienone is 2. The molecular weight excluding hydrogens is 264 g/mol. The molecule has 1 heterocycles. The van der Waals surface area contributed by atoms with Crippen molar-refractivity contribution in [2.45, 2.75) is 63.3 Å². The summed E-state index contributed by atoms with van der Waals surface area (Å²) in [6, 6.07) is 2.36. The van der Waals surface area contributed by atoms with Crippen molar-refractivity contribution in [2.75, 3.05) is 0 Å². The Morgan fingerprint density at radius 2 is 1.43 bits per heavy atom. The minimum Gasteiger partial charge on any atom is -0.274 e. The summed E-state index contributed by atoms with van der Waals surface area (Å²) >= 11 is 0. The van der Waals surface area contributed by atoms with E-state index in [2.05, 4.69) is 6.07 Å². The van der Waals surface area contributed by atoms with Crippen molar-refractivity contribution in [3.8, 4) is 6.07 Å². The van der Waals surface area contributed by atoms with Gasteiger partial charge in [-0.2, -0.15) is 5.26 Å². The Morgan fingerprint density at radius 1 is 0.952 bits per heavy atom. The number of fused-ring (bicyclic) bond motifs is 1. The zero-order valence-corrected chi connectivity index (χ0v) is 12.4. The Morgan fingerprint density at radius 3 is 1.90 bits per heavy atom. The predicted molar refractivity (Wildman–Crippen MR) is 77.9 cm³/mol. The summed E-state index contributed by atoms with van der Waals surface area (Å²) in [4.78, 5) is 26.8. The second kappa shape index (κ2) is 5.63. The minimum atomic E-state index is -0.883. The molecule has 0 unspecified atom stereocenters. The van der Waals surface area contributed by atoms with E-state index in [4.69, 9.17) is 0 Å². The van der Waals surface area contributed by atoms with Gasteiger partial charge in [-0.1, -0.05) is 44.3 Å². The molecule has 1 saturated carbocycles. The van der Waals surface area contributed by atoms with E-state index in [1.807, 2.05) is 12.2 Å². The SMILES string of the molecule is N#CC1(N2C(=O)[C@H]3CC=CC[C@H]3C2=O)CCCCCCC1. The maximum atomic E-state index is 12.7. The fourth-order valence-electron chi connectivity index (χ4n) is 4.10. The molecule has 0 bridgehead atoms. The van der Waals surface area contributed by atoms with Crippen LogP contribution in [0.3, 0.4) is 0 Å². The highest BCUT2D eigenvalue weighted by atomic mass is 16.2. The second-order valence-electron chi connectivity index (χ2n) is 6.58. The predicted octanol–water partition coefficient (Wildman–Crippen LogP) is 2.94. The Balaban J connectivity index is 1.91. The van der Waals surface area contributed by atoms with Gasteiger partial charge in [-0.3, -0.25) is 14.5 Å². The normalized spacial score (nSPS) is 32.2. The molecule has 3 rings (SSSR count). The molecule has 0 spiro atoms. The van der Waals surface area contributed by atoms with E-state index in [0.717, 1.165) is 25.7 Å². The van der Waals surface area contributed by atoms with Crippen LogP contribution in [0.4, 0.5) is 0 Å². The number of carbonyl (C=O) groups is 2. The summed E-state index contributed by atoms with van der Waals surface area (Å²) in [5.41, 5.74) is -0.883. The van der Waals surface area contributed by atoms with Gasteiger partial charge in [0.1, 0.15) is 5.54 Å². The van der Waals surface area contributed by atoms with E-state index >= 15 is 0 Å². The molecule has 3 aliphatic rings. The van der Waals surface area contributed by atoms with Crippen molar-refractivity contribution in [1.29, 1.82) is 5.26 Å². The Bertz CT molecular complexity index is 483. The van der Waals surface area contributed by atoms with E-state index in [1.54, 1.807) is 0 Å². The monoisotopic (exact) mass is 286 g/mol. The lowest BCUT2D eigenvalue weighted by atomic mass is 9.83. The van der Waals surface area contributed by atoms with Crippen molar-refractivity contribution < 1.29 is 9.59 Å². The lowest BCUT2D eigenvalue weighted by molar-refractivity contribution is -0.145. The first-order valence-electron chi connectivity index (χ1n) is 8.14. The van der Waals surface area contributed by atoms with Gasteiger partial charge in [0.15, 0.2) is 0 Å². The van der Waals surface area contributed by atoms with Crippen molar-refractivity contribution in [1.82, 2.24) is 4.90 Å². The summed E-state index contributed by atoms with van der Waals surface area (Å²) in [5.74, 6) is -0.649. The molecule has 0 N–H and O–H groups in total. The van der Waals surface area contributed by atoms with Gasteiger partial charge in [0.25, 0.3) is 0 Å². The largest absolute Gasteiger partial charge is 0.274 e. The van der Waals surface area contributed by atoms with Gasteiger partial charge < -0.3 is 0 Å². The Hall–Kier alpha value is -1.63. The highest BCUT2D eigenvalue weighted by Crippen LogP contribution is 2.42. The van der Waals surface area contributed by atoms with E-state index < -0.39 is 5.54 Å². The summed E-state index contributed by atoms with van der Waals surface area (Å²) < 4.78 is 0. The van der Waals surface area contributed by atoms with Crippen LogP contribution in [-0.2, 0) is 9.59 Å². The molecule has 0 aromatic rings. The van der Waals surface area contributed by atoms with E-state index in [0.29, 0.717) is 25.7 Å². The molecule has 2 aliphatic carbocycles. The number of amides is 2. The smallest absolute Gasteiger partial charge is 0.234 e. The van der Waals surface area contributed by atoms with E-state index in [1.165, 1.54) is 11.3 Å². The number of carbonyl (C=O) groups excluding carboxylic acids is 2. The molecule has 2 amide bonds. The molecule has 112 valence electrons. The van der Waals surface area contributed by atoms with Crippen LogP contribution in [0.15, 0.2) is 12.2 Å². The molecule has 0 aromatic carbocycles. The van der Waals surface area contributed by atoms with Crippen molar-refractivity contribution in [2.24, 2.45) is 11.8 Å². The number of nitrogens with zero attached hydrogens (tertiary/aromatic N) is 2. The van der Waals surface area contributed by atoms with Gasteiger partial charge in [0.05, 0.1) is 17.9 Å². The molecule has 4 heteroatoms. The fraction of sp³-hybridized carbons (Fsp3) is 0.706. The Kier molecular flexibility index (Phi) is 3.84. The first-order valence-corrected chi connectivity index (χ1v) is 8.14. The molecule has 21 heavy (non-hydrogen) atoms. The van der Waals surface area contributed by atoms with Crippen LogP contribution in [0.1, 0.15) is 57.8 Å². The van der Waals surface area contributed by atoms with Crippen molar-refractivity contribution in [3.05, 3.63) is 12.2 Å². The molecule has 1 aliphatic heterocycles. The summed E-state index contributed by atoms with van der Waals surface area (Å²) in [6.45, 7) is 0. The summed E-state index contributed by atoms with van der Waals surface area (Å²) in [6.07, 6.45) is 11.8. The summed E-state index contributed by atoms with van der Waals surface area (Å²) in [5, 5.41) is 9.78. The average molecular weight is 286 g/mol. The van der Waals surface area contributed by atoms with Crippen LogP contribution >= 0.6 is 0 Å². The molecule has 2 atom stereocenters. The molecule has 4 nitrogen and oxygen atoms in total. The standard InChI is InChI=1S/C17H22N2O2/c18-12-17(10-6-2-1-3-7-11-17)19-15(20)13-8-4-5-9-14(13)16(19)21/h4-5,13-14H,1-3,6-11H2/t13-,14+. The van der Waals surface area contributed by atoms with Crippen LogP contribution in [0.25, 0.3) is 0 Å². The maximum absolute atomic E-state index is 12.7. The van der Waals surface area contributed by atoms with Crippen molar-refractivity contribution >= 4 is 11.8 Å². The lowest BCUT2D eigenvalue weighted by Crippen LogP contribution is -2.51. The fourth-order valence-corrected chi connectivity index (χ4v) is 4.10. The molecule has 1 saturated heterocycles. The van der Waals surface area contributed by atoms with Crippen molar-refractivity contribution in [3.63, 3.8) is 0 Å². The van der Waals surface area contributed by atoms with E-state index in [9.17, 15) is 14.9 Å². The third-order valence-electron chi connectivity index (χ3n) is 5.32. The molecule has 0 radical (unpaired) electrons. The van der Waals surface area contributed by atoms with Gasteiger partial charge in [0.2, 0.25) is 11.8 Å². The number of rotatable bonds is 1. The second-order valence-corrected chi connectivity index (χ2v) is 6.58. The van der Waals surface area contributed by atoms with Crippen LogP contribution in [-0.4, -0.2) is 22.3 Å². The van der Waals surface area contributed by atoms with Gasteiger partial charge in [-0.25, -0.2) is 0 Å². The topological polar surface area (TPSA) is 61.2 Å². The first-order chi connectivity index (χ1) is 10.2. The van der Waals surface area contributed by atoms with Crippen LogP contribution in [0.5, 0.6) is 0 Å². The van der Waals surface area contributed by atoms with Gasteiger partial charge in [-0.05, 0) is 25.7 Å². The third-order valence-corrected chi connectivity index (χ3v) is 5.32. The zero-order valence-electron chi connectivity index (χ0n) is 12.4. The number of nitriles is 1. The van der Waals surface area contributed by atoms with Crippen LogP contribution in [0, 0.1) is 23.2 Å². The minimum absolute atomic E-state index is 0.100. The molecule has 2 fully saturated rings. The zero-order chi connectivity index (χ0) is 14.9. The van der Waals surface area contributed by atoms with Gasteiger partial charge in [-0.15, -0.1) is 0 Å². The van der Waals surface area contributed by atoms with Crippen LogP contribution in [0.2, 0.25) is 0 Å². The Labute approximate surface area is 125 Å². The maximum Gasteiger partial charge on any atom is 0.234 e. The third kappa shape index (κ3) is 2.29. The number of imide groups is 1. The highest BCUT2D eigenvalue weighted by molar-refractivity contribution is 6.06. The van der Waals surface area contributed by atoms with Gasteiger partial charge >= 0.3 is 0 Å². The lowest BCUT2D eigenvalue weighted by Gasteiger charge is -2.36. The first kappa shape index (κ1) is 14.3. The number of hydrogen-bond donors (Lipinski definition) is 0. The average Bonchev–Trinajstić information content (AvgIpc) is 2.73. The van der Waals surface area contributed by atoms with Crippen LogP contribution < -0.4 is 0 Å². The number of hydrogen-bond acceptors (Lipinski definition) is 3. The quantitative estimate of drug-likeness (QED) is 0.550. The highest BCUT2D eigenvalue weighted by Gasteiger charge is 2.55. The molecular formula is C17H22N2O2. The molecule has 0 aromatic heterocycles. The van der Waals surface area contributed by atoms with E-state index in [-0.39, 0.29) is 23.7 Å². The number of likely N-dealkylation sites (tertiary alicyclic amines) is 1. The summed E-state index contributed by atoms with van der Waals surface area (Å²) in [7, 11) is 0.